The Morgan fingerprint density at radius 1 is 0.892 bits per heavy atom. The molecule has 0 aliphatic carbocycles. The fourth-order valence-electron chi connectivity index (χ4n) is 3.23. The van der Waals surface area contributed by atoms with E-state index >= 15 is 0 Å². The second-order valence-electron chi connectivity index (χ2n) is 7.79. The summed E-state index contributed by atoms with van der Waals surface area (Å²) in [5.41, 5.74) is 4.76. The molecule has 1 aromatic heterocycles. The number of carbonyl (C=O) groups excluding carboxylic acids is 2. The summed E-state index contributed by atoms with van der Waals surface area (Å²) in [7, 11) is 0. The minimum Gasteiger partial charge on any atom is -0.490 e. The van der Waals surface area contributed by atoms with Crippen LogP contribution in [0.25, 0.3) is 0 Å². The smallest absolute Gasteiger partial charge is 0.257 e. The zero-order valence-corrected chi connectivity index (χ0v) is 20.9. The summed E-state index contributed by atoms with van der Waals surface area (Å²) in [5.74, 6) is 0.792. The molecule has 0 atom stereocenters. The van der Waals surface area contributed by atoms with E-state index in [2.05, 4.69) is 26.0 Å². The number of hydrogen-bond acceptors (Lipinski definition) is 8. The van der Waals surface area contributed by atoms with Gasteiger partial charge in [0.1, 0.15) is 29.7 Å². The molecule has 1 heterocycles. The van der Waals surface area contributed by atoms with Crippen molar-refractivity contribution in [2.75, 3.05) is 18.5 Å². The molecule has 4 aromatic rings. The predicted octanol–water partition coefficient (Wildman–Crippen LogP) is 4.25. The predicted molar refractivity (Wildman–Crippen MR) is 142 cm³/mol. The molecule has 37 heavy (non-hydrogen) atoms. The molecule has 0 aliphatic rings. The van der Waals surface area contributed by atoms with Crippen molar-refractivity contribution in [2.24, 2.45) is 5.10 Å². The first-order valence-electron chi connectivity index (χ1n) is 11.5. The number of amides is 2. The Kier molecular flexibility index (Phi) is 8.92. The second kappa shape index (κ2) is 12.9. The molecule has 0 spiro atoms. The number of carbonyl (C=O) groups is 2. The van der Waals surface area contributed by atoms with Crippen LogP contribution in [0.1, 0.15) is 26.5 Å². The Hall–Kier alpha value is -4.57. The molecule has 2 N–H and O–H groups in total. The van der Waals surface area contributed by atoms with Gasteiger partial charge in [0.2, 0.25) is 11.0 Å². The number of aromatic nitrogens is 2. The first kappa shape index (κ1) is 25.5. The quantitative estimate of drug-likeness (QED) is 0.175. The molecule has 3 aromatic carbocycles. The van der Waals surface area contributed by atoms with Crippen molar-refractivity contribution in [3.05, 3.63) is 101 Å². The topological polar surface area (TPSA) is 115 Å². The highest BCUT2D eigenvalue weighted by Crippen LogP contribution is 2.19. The van der Waals surface area contributed by atoms with Crippen LogP contribution in [0.5, 0.6) is 11.5 Å². The molecule has 0 unspecified atom stereocenters. The number of nitrogens with zero attached hydrogens (tertiary/aromatic N) is 3. The summed E-state index contributed by atoms with van der Waals surface area (Å²) in [5, 5.41) is 15.4. The van der Waals surface area contributed by atoms with Crippen LogP contribution in [0.15, 0.2) is 84.0 Å². The first-order valence-corrected chi connectivity index (χ1v) is 12.3. The van der Waals surface area contributed by atoms with Gasteiger partial charge in [-0.2, -0.15) is 5.10 Å². The number of nitrogens with one attached hydrogen (secondary N) is 2. The molecule has 10 heteroatoms. The fourth-order valence-corrected chi connectivity index (χ4v) is 3.96. The first-order chi connectivity index (χ1) is 18.1. The van der Waals surface area contributed by atoms with E-state index in [-0.39, 0.29) is 18.2 Å². The summed E-state index contributed by atoms with van der Waals surface area (Å²) in [4.78, 5) is 24.5. The van der Waals surface area contributed by atoms with Crippen molar-refractivity contribution in [1.82, 2.24) is 15.6 Å². The lowest BCUT2D eigenvalue weighted by molar-refractivity contribution is -0.120. The molecule has 0 fully saturated rings. The van der Waals surface area contributed by atoms with E-state index in [4.69, 9.17) is 9.47 Å². The largest absolute Gasteiger partial charge is 0.490 e. The third kappa shape index (κ3) is 7.71. The number of ether oxygens (including phenoxy) is 2. The average Bonchev–Trinajstić information content (AvgIpc) is 3.35. The Balaban J connectivity index is 1.23. The number of hydrogen-bond donors (Lipinski definition) is 2. The summed E-state index contributed by atoms with van der Waals surface area (Å²) in [6.07, 6.45) is 1.49. The highest BCUT2D eigenvalue weighted by Gasteiger charge is 2.12. The molecule has 0 saturated carbocycles. The van der Waals surface area contributed by atoms with E-state index in [0.29, 0.717) is 40.2 Å². The van der Waals surface area contributed by atoms with Crippen molar-refractivity contribution in [2.45, 2.75) is 13.3 Å². The number of aryl methyl sites for hydroxylation is 1. The molecular formula is C27H25N5O4S. The highest BCUT2D eigenvalue weighted by atomic mass is 32.1. The van der Waals surface area contributed by atoms with Gasteiger partial charge in [-0.25, -0.2) is 5.43 Å². The third-order valence-electron chi connectivity index (χ3n) is 5.04. The Bertz CT molecular complexity index is 1370. The van der Waals surface area contributed by atoms with Crippen molar-refractivity contribution < 1.29 is 19.1 Å². The SMILES string of the molecule is Cc1ccccc1OCCOc1ccccc1/C=N/NC(=O)Cc1nnc(NC(=O)c2ccccc2)s1. The van der Waals surface area contributed by atoms with Crippen molar-refractivity contribution in [1.29, 1.82) is 0 Å². The van der Waals surface area contributed by atoms with Gasteiger partial charge in [-0.3, -0.25) is 14.9 Å². The molecule has 0 radical (unpaired) electrons. The maximum Gasteiger partial charge on any atom is 0.257 e. The van der Waals surface area contributed by atoms with Gasteiger partial charge in [-0.1, -0.05) is 59.9 Å². The fraction of sp³-hybridized carbons (Fsp3) is 0.148. The number of benzene rings is 3. The standard InChI is InChI=1S/C27H25N5O4S/c1-19-9-5-7-13-22(19)35-15-16-36-23-14-8-6-12-21(23)18-28-30-24(33)17-25-31-32-27(37-25)29-26(34)20-10-3-2-4-11-20/h2-14,18H,15-17H2,1H3,(H,30,33)(H,29,32,34)/b28-18+. The van der Waals surface area contributed by atoms with Gasteiger partial charge in [-0.15, -0.1) is 10.2 Å². The minimum atomic E-state index is -0.363. The van der Waals surface area contributed by atoms with Crippen molar-refractivity contribution in [3.8, 4) is 11.5 Å². The van der Waals surface area contributed by atoms with Crippen LogP contribution < -0.4 is 20.2 Å². The Labute approximate surface area is 218 Å². The van der Waals surface area contributed by atoms with Crippen LogP contribution in [-0.2, 0) is 11.2 Å². The lowest BCUT2D eigenvalue weighted by Gasteiger charge is -2.11. The van der Waals surface area contributed by atoms with Crippen LogP contribution in [0.4, 0.5) is 5.13 Å². The molecule has 9 nitrogen and oxygen atoms in total. The van der Waals surface area contributed by atoms with E-state index in [1.165, 1.54) is 6.21 Å². The van der Waals surface area contributed by atoms with Crippen LogP contribution in [0.2, 0.25) is 0 Å². The van der Waals surface area contributed by atoms with E-state index < -0.39 is 0 Å². The summed E-state index contributed by atoms with van der Waals surface area (Å²) in [6.45, 7) is 2.73. The van der Waals surface area contributed by atoms with Gasteiger partial charge in [0, 0.05) is 11.1 Å². The maximum absolute atomic E-state index is 12.3. The van der Waals surface area contributed by atoms with Crippen molar-refractivity contribution >= 4 is 34.5 Å². The van der Waals surface area contributed by atoms with Gasteiger partial charge in [0.05, 0.1) is 12.6 Å². The molecule has 0 aliphatic heterocycles. The van der Waals surface area contributed by atoms with Gasteiger partial charge in [0.15, 0.2) is 0 Å². The summed E-state index contributed by atoms with van der Waals surface area (Å²) >= 11 is 1.13. The van der Waals surface area contributed by atoms with Gasteiger partial charge in [-0.05, 0) is 42.8 Å². The molecule has 0 saturated heterocycles. The molecular weight excluding hydrogens is 490 g/mol. The number of para-hydroxylation sites is 2. The molecule has 4 rings (SSSR count). The van der Waals surface area contributed by atoms with Gasteiger partial charge >= 0.3 is 0 Å². The normalized spacial score (nSPS) is 10.7. The second-order valence-corrected chi connectivity index (χ2v) is 8.85. The van der Waals surface area contributed by atoms with Crippen LogP contribution in [0.3, 0.4) is 0 Å². The van der Waals surface area contributed by atoms with E-state index in [1.54, 1.807) is 24.3 Å². The third-order valence-corrected chi connectivity index (χ3v) is 5.88. The molecule has 0 bridgehead atoms. The summed E-state index contributed by atoms with van der Waals surface area (Å²) in [6, 6.07) is 23.9. The maximum atomic E-state index is 12.3. The number of anilines is 1. The Morgan fingerprint density at radius 2 is 1.57 bits per heavy atom. The van der Waals surface area contributed by atoms with E-state index in [1.807, 2.05) is 61.5 Å². The lowest BCUT2D eigenvalue weighted by atomic mass is 10.2. The highest BCUT2D eigenvalue weighted by molar-refractivity contribution is 7.15. The average molecular weight is 516 g/mol. The molecule has 188 valence electrons. The van der Waals surface area contributed by atoms with Gasteiger partial charge < -0.3 is 9.47 Å². The lowest BCUT2D eigenvalue weighted by Crippen LogP contribution is -2.19. The zero-order chi connectivity index (χ0) is 25.9. The molecule has 2 amide bonds. The van der Waals surface area contributed by atoms with Crippen LogP contribution >= 0.6 is 11.3 Å². The number of rotatable bonds is 11. The van der Waals surface area contributed by atoms with Crippen LogP contribution in [-0.4, -0.2) is 41.4 Å². The van der Waals surface area contributed by atoms with Gasteiger partial charge in [0.25, 0.3) is 5.91 Å². The van der Waals surface area contributed by atoms with E-state index in [9.17, 15) is 9.59 Å². The number of hydrazone groups is 1. The van der Waals surface area contributed by atoms with E-state index in [0.717, 1.165) is 22.6 Å². The van der Waals surface area contributed by atoms with Crippen LogP contribution in [0, 0.1) is 6.92 Å². The monoisotopic (exact) mass is 515 g/mol. The summed E-state index contributed by atoms with van der Waals surface area (Å²) < 4.78 is 11.6. The zero-order valence-electron chi connectivity index (χ0n) is 20.1. The minimum absolute atomic E-state index is 0.0232. The Morgan fingerprint density at radius 3 is 2.35 bits per heavy atom. The van der Waals surface area contributed by atoms with Crippen molar-refractivity contribution in [3.63, 3.8) is 0 Å².